The Morgan fingerprint density at radius 3 is 2.03 bits per heavy atom. The summed E-state index contributed by atoms with van der Waals surface area (Å²) in [6.07, 6.45) is -4.98. The van der Waals surface area contributed by atoms with Gasteiger partial charge in [-0.25, -0.2) is 26.9 Å². The SMILES string of the molecule is [N-]=[N+]=NC(=O)c1ccc2c(c1)nc(C(F)(F)F)n2-c1ccc(NC(=O)c2c(F)c(F)c(F)c(F)c2F)cc1. The van der Waals surface area contributed by atoms with E-state index in [4.69, 9.17) is 5.53 Å². The van der Waals surface area contributed by atoms with Crippen molar-refractivity contribution in [3.05, 3.63) is 98.9 Å². The highest BCUT2D eigenvalue weighted by Gasteiger charge is 2.38. The third kappa shape index (κ3) is 4.48. The molecule has 8 nitrogen and oxygen atoms in total. The number of halogens is 8. The van der Waals surface area contributed by atoms with E-state index in [2.05, 4.69) is 15.0 Å². The maximum absolute atomic E-state index is 13.9. The smallest absolute Gasteiger partial charge is 0.322 e. The van der Waals surface area contributed by atoms with Crippen LogP contribution in [0.5, 0.6) is 0 Å². The van der Waals surface area contributed by atoms with Crippen LogP contribution in [0.3, 0.4) is 0 Å². The van der Waals surface area contributed by atoms with Gasteiger partial charge in [-0.05, 0) is 53.1 Å². The normalized spacial score (nSPS) is 11.4. The molecule has 0 unspecified atom stereocenters. The van der Waals surface area contributed by atoms with E-state index in [-0.39, 0.29) is 28.0 Å². The van der Waals surface area contributed by atoms with Crippen molar-refractivity contribution in [1.82, 2.24) is 9.55 Å². The number of carbonyl (C=O) groups excluding carboxylic acids is 2. The molecule has 2 amide bonds. The number of nitrogens with one attached hydrogen (secondary N) is 1. The summed E-state index contributed by atoms with van der Waals surface area (Å²) >= 11 is 0. The van der Waals surface area contributed by atoms with Crippen LogP contribution in [-0.2, 0) is 6.18 Å². The summed E-state index contributed by atoms with van der Waals surface area (Å²) in [6.45, 7) is 0. The van der Waals surface area contributed by atoms with Crippen LogP contribution < -0.4 is 5.32 Å². The molecule has 194 valence electrons. The fraction of sp³-hybridized carbons (Fsp3) is 0.0455. The Bertz CT molecular complexity index is 1650. The molecule has 0 aliphatic rings. The molecule has 1 N–H and O–H groups in total. The number of benzene rings is 3. The van der Waals surface area contributed by atoms with Crippen LogP contribution in [-0.4, -0.2) is 21.4 Å². The number of hydrogen-bond acceptors (Lipinski definition) is 3. The van der Waals surface area contributed by atoms with E-state index >= 15 is 0 Å². The second kappa shape index (κ2) is 9.48. The quantitative estimate of drug-likeness (QED) is 0.0803. The van der Waals surface area contributed by atoms with E-state index in [0.717, 1.165) is 42.5 Å². The van der Waals surface area contributed by atoms with Gasteiger partial charge in [-0.3, -0.25) is 14.2 Å². The van der Waals surface area contributed by atoms with Crippen molar-refractivity contribution >= 4 is 28.5 Å². The number of aromatic nitrogens is 2. The predicted molar refractivity (Wildman–Crippen MR) is 114 cm³/mol. The summed E-state index contributed by atoms with van der Waals surface area (Å²) < 4.78 is 110. The Morgan fingerprint density at radius 1 is 0.895 bits per heavy atom. The summed E-state index contributed by atoms with van der Waals surface area (Å²) in [4.78, 5) is 29.8. The molecule has 0 bridgehead atoms. The fourth-order valence-electron chi connectivity index (χ4n) is 3.45. The van der Waals surface area contributed by atoms with Crippen molar-refractivity contribution in [3.8, 4) is 5.69 Å². The Balaban J connectivity index is 1.73. The lowest BCUT2D eigenvalue weighted by Crippen LogP contribution is -2.19. The van der Waals surface area contributed by atoms with Gasteiger partial charge in [-0.15, -0.1) is 0 Å². The van der Waals surface area contributed by atoms with Crippen LogP contribution in [0.2, 0.25) is 0 Å². The second-order valence-electron chi connectivity index (χ2n) is 7.41. The highest BCUT2D eigenvalue weighted by atomic mass is 19.4. The van der Waals surface area contributed by atoms with Crippen molar-refractivity contribution in [2.75, 3.05) is 5.32 Å². The zero-order valence-corrected chi connectivity index (χ0v) is 18.1. The van der Waals surface area contributed by atoms with E-state index in [0.29, 0.717) is 4.57 Å². The minimum absolute atomic E-state index is 0.118. The number of fused-ring (bicyclic) bond motifs is 1. The molecule has 0 saturated carbocycles. The van der Waals surface area contributed by atoms with E-state index in [9.17, 15) is 44.7 Å². The number of alkyl halides is 3. The molecule has 3 aromatic carbocycles. The Morgan fingerprint density at radius 2 is 1.47 bits per heavy atom. The van der Waals surface area contributed by atoms with Crippen LogP contribution in [0.25, 0.3) is 27.2 Å². The number of nitrogens with zero attached hydrogens (tertiary/aromatic N) is 5. The van der Waals surface area contributed by atoms with Gasteiger partial charge in [0.1, 0.15) is 5.56 Å². The molecule has 0 saturated heterocycles. The van der Waals surface area contributed by atoms with Gasteiger partial charge in [0, 0.05) is 21.8 Å². The van der Waals surface area contributed by atoms with Crippen molar-refractivity contribution in [3.63, 3.8) is 0 Å². The lowest BCUT2D eigenvalue weighted by atomic mass is 10.1. The van der Waals surface area contributed by atoms with Gasteiger partial charge in [-0.1, -0.05) is 0 Å². The second-order valence-corrected chi connectivity index (χ2v) is 7.41. The average Bonchev–Trinajstić information content (AvgIpc) is 3.26. The van der Waals surface area contributed by atoms with Crippen molar-refractivity contribution < 1.29 is 44.7 Å². The van der Waals surface area contributed by atoms with Gasteiger partial charge < -0.3 is 5.32 Å². The molecular weight excluding hydrogens is 532 g/mol. The number of amides is 2. The van der Waals surface area contributed by atoms with Crippen molar-refractivity contribution in [1.29, 1.82) is 0 Å². The van der Waals surface area contributed by atoms with Gasteiger partial charge >= 0.3 is 6.18 Å². The van der Waals surface area contributed by atoms with E-state index in [1.165, 1.54) is 0 Å². The molecule has 0 radical (unpaired) electrons. The molecule has 4 aromatic rings. The van der Waals surface area contributed by atoms with Crippen molar-refractivity contribution in [2.45, 2.75) is 6.18 Å². The first-order valence-electron chi connectivity index (χ1n) is 9.97. The molecule has 0 fully saturated rings. The van der Waals surface area contributed by atoms with Gasteiger partial charge in [0.05, 0.1) is 11.0 Å². The third-order valence-electron chi connectivity index (χ3n) is 5.11. The standard InChI is InChI=1S/C22H8F8N6O2/c23-14-13(15(24)17(26)18(27)16(14)25)20(38)32-9-2-4-10(5-3-9)36-12-6-1-8(19(37)34-35-31)7-11(12)33-21(36)22(28,29)30/h1-7H,(H,32,38). The molecule has 0 spiro atoms. The summed E-state index contributed by atoms with van der Waals surface area (Å²) in [6, 6.07) is 7.31. The number of azide groups is 1. The zero-order valence-electron chi connectivity index (χ0n) is 18.1. The molecule has 1 aromatic heterocycles. The average molecular weight is 540 g/mol. The number of imidazole rings is 1. The van der Waals surface area contributed by atoms with Gasteiger partial charge in [0.15, 0.2) is 23.3 Å². The van der Waals surface area contributed by atoms with Crippen LogP contribution in [0.15, 0.2) is 47.6 Å². The number of carbonyl (C=O) groups is 2. The third-order valence-corrected chi connectivity index (χ3v) is 5.11. The molecule has 4 rings (SSSR count). The first-order valence-corrected chi connectivity index (χ1v) is 9.97. The molecule has 38 heavy (non-hydrogen) atoms. The summed E-state index contributed by atoms with van der Waals surface area (Å²) in [5, 5.41) is 4.76. The largest absolute Gasteiger partial charge is 0.450 e. The number of hydrogen-bond donors (Lipinski definition) is 1. The molecule has 0 aliphatic heterocycles. The lowest BCUT2D eigenvalue weighted by Gasteiger charge is -2.13. The van der Waals surface area contributed by atoms with Crippen LogP contribution in [0.1, 0.15) is 26.5 Å². The Labute approximate surface area is 204 Å². The van der Waals surface area contributed by atoms with Gasteiger partial charge in [-0.2, -0.15) is 13.2 Å². The van der Waals surface area contributed by atoms with Gasteiger partial charge in [0.25, 0.3) is 5.91 Å². The van der Waals surface area contributed by atoms with Crippen molar-refractivity contribution in [2.24, 2.45) is 5.11 Å². The topological polar surface area (TPSA) is 113 Å². The predicted octanol–water partition coefficient (Wildman–Crippen LogP) is 6.44. The molecular formula is C22H8F8N6O2. The minimum Gasteiger partial charge on any atom is -0.322 e. The first kappa shape index (κ1) is 26.1. The monoisotopic (exact) mass is 540 g/mol. The Kier molecular flexibility index (Phi) is 6.51. The molecule has 0 atom stereocenters. The number of rotatable bonds is 4. The van der Waals surface area contributed by atoms with Gasteiger partial charge in [0.2, 0.25) is 17.5 Å². The fourth-order valence-corrected chi connectivity index (χ4v) is 3.45. The summed E-state index contributed by atoms with van der Waals surface area (Å²) in [7, 11) is 0. The highest BCUT2D eigenvalue weighted by molar-refractivity contribution is 6.04. The molecule has 1 heterocycles. The first-order chi connectivity index (χ1) is 17.8. The molecule has 0 aliphatic carbocycles. The van der Waals surface area contributed by atoms with Crippen LogP contribution in [0.4, 0.5) is 40.8 Å². The van der Waals surface area contributed by atoms with E-state index < -0.39 is 58.5 Å². The lowest BCUT2D eigenvalue weighted by molar-refractivity contribution is -0.145. The van der Waals surface area contributed by atoms with E-state index in [1.54, 1.807) is 0 Å². The minimum atomic E-state index is -4.98. The van der Waals surface area contributed by atoms with E-state index in [1.807, 2.05) is 5.32 Å². The Hall–Kier alpha value is -4.98. The molecule has 16 heteroatoms. The maximum Gasteiger partial charge on any atom is 0.450 e. The summed E-state index contributed by atoms with van der Waals surface area (Å²) in [5.74, 6) is -16.0. The van der Waals surface area contributed by atoms with Crippen LogP contribution in [0, 0.1) is 29.1 Å². The summed E-state index contributed by atoms with van der Waals surface area (Å²) in [5.41, 5.74) is 5.58. The van der Waals surface area contributed by atoms with Crippen LogP contribution >= 0.6 is 0 Å². The zero-order chi connectivity index (χ0) is 27.9. The highest BCUT2D eigenvalue weighted by Crippen LogP contribution is 2.34. The maximum atomic E-state index is 13.9. The number of anilines is 1.